The summed E-state index contributed by atoms with van der Waals surface area (Å²) in [5.41, 5.74) is 3.89. The third-order valence-corrected chi connectivity index (χ3v) is 6.93. The van der Waals surface area contributed by atoms with E-state index in [-0.39, 0.29) is 25.0 Å². The molecule has 1 fully saturated rings. The molecule has 0 aliphatic carbocycles. The number of hydrogen-bond donors (Lipinski definition) is 4. The van der Waals surface area contributed by atoms with Crippen LogP contribution in [-0.2, 0) is 17.8 Å². The average Bonchev–Trinajstić information content (AvgIpc) is 3.42. The Kier molecular flexibility index (Phi) is 10.8. The van der Waals surface area contributed by atoms with Crippen molar-refractivity contribution in [1.82, 2.24) is 10.6 Å². The summed E-state index contributed by atoms with van der Waals surface area (Å²) in [5.74, 6) is 2.89. The number of amides is 2. The second-order valence-electron chi connectivity index (χ2n) is 10.1. The molecule has 1 heterocycles. The van der Waals surface area contributed by atoms with Gasteiger partial charge in [-0.05, 0) is 61.2 Å². The highest BCUT2D eigenvalue weighted by Gasteiger charge is 2.25. The lowest BCUT2D eigenvalue weighted by atomic mass is 10.00. The van der Waals surface area contributed by atoms with E-state index in [0.29, 0.717) is 49.5 Å². The maximum Gasteiger partial charge on any atom is 0.251 e. The standard InChI is InChI=1S/C33H38N4O4/c1-3-16-41-29-13-8-12-25(17-29)22-34-23-31(38)30(18-24-10-6-5-7-11-24)36-33(40)26-19-27(35-4-2)21-28(20-26)37-15-9-14-32(37)39/h1,5-8,10-13,17,19-21,30-31,34-35,38H,4,9,14-16,18,22-23H2,2H3,(H,36,40)/t30-,31+/m0/s1. The van der Waals surface area contributed by atoms with Crippen molar-refractivity contribution in [3.63, 3.8) is 0 Å². The van der Waals surface area contributed by atoms with E-state index in [0.717, 1.165) is 23.2 Å². The summed E-state index contributed by atoms with van der Waals surface area (Å²) >= 11 is 0. The highest BCUT2D eigenvalue weighted by Crippen LogP contribution is 2.27. The van der Waals surface area contributed by atoms with Crippen LogP contribution in [0.5, 0.6) is 5.75 Å². The van der Waals surface area contributed by atoms with Crippen LogP contribution in [0.3, 0.4) is 0 Å². The van der Waals surface area contributed by atoms with Crippen molar-refractivity contribution in [2.75, 3.05) is 36.5 Å². The van der Waals surface area contributed by atoms with Gasteiger partial charge in [0.15, 0.2) is 0 Å². The van der Waals surface area contributed by atoms with Gasteiger partial charge < -0.3 is 30.7 Å². The first kappa shape index (κ1) is 29.7. The van der Waals surface area contributed by atoms with Crippen molar-refractivity contribution in [1.29, 1.82) is 0 Å². The molecule has 41 heavy (non-hydrogen) atoms. The van der Waals surface area contributed by atoms with Gasteiger partial charge >= 0.3 is 0 Å². The maximum absolute atomic E-state index is 13.6. The van der Waals surface area contributed by atoms with Crippen LogP contribution in [-0.4, -0.2) is 55.3 Å². The van der Waals surface area contributed by atoms with Gasteiger partial charge in [-0.3, -0.25) is 9.59 Å². The minimum atomic E-state index is -0.864. The van der Waals surface area contributed by atoms with Gasteiger partial charge in [-0.2, -0.15) is 0 Å². The molecule has 1 saturated heterocycles. The Morgan fingerprint density at radius 3 is 2.63 bits per heavy atom. The summed E-state index contributed by atoms with van der Waals surface area (Å²) in [6.07, 6.45) is 6.18. The van der Waals surface area contributed by atoms with Crippen molar-refractivity contribution < 1.29 is 19.4 Å². The number of nitrogens with zero attached hydrogens (tertiary/aromatic N) is 1. The number of aliphatic hydroxyl groups is 1. The quantitative estimate of drug-likeness (QED) is 0.227. The van der Waals surface area contributed by atoms with Crippen LogP contribution in [0.1, 0.15) is 41.3 Å². The van der Waals surface area contributed by atoms with Gasteiger partial charge in [0.25, 0.3) is 5.91 Å². The molecule has 0 saturated carbocycles. The Morgan fingerprint density at radius 1 is 1.10 bits per heavy atom. The molecule has 2 amide bonds. The second-order valence-corrected chi connectivity index (χ2v) is 10.1. The van der Waals surface area contributed by atoms with Gasteiger partial charge in [-0.15, -0.1) is 6.42 Å². The molecule has 8 heteroatoms. The number of ether oxygens (including phenoxy) is 1. The molecule has 3 aromatic rings. The number of carbonyl (C=O) groups is 2. The molecule has 214 valence electrons. The molecule has 0 aromatic heterocycles. The number of hydrogen-bond acceptors (Lipinski definition) is 6. The van der Waals surface area contributed by atoms with Crippen LogP contribution in [0, 0.1) is 12.3 Å². The molecule has 4 rings (SSSR count). The van der Waals surface area contributed by atoms with Crippen molar-refractivity contribution in [3.8, 4) is 18.1 Å². The Morgan fingerprint density at radius 2 is 1.90 bits per heavy atom. The number of carbonyl (C=O) groups excluding carboxylic acids is 2. The lowest BCUT2D eigenvalue weighted by Crippen LogP contribution is -2.48. The van der Waals surface area contributed by atoms with Crippen LogP contribution < -0.4 is 25.6 Å². The average molecular weight is 555 g/mol. The van der Waals surface area contributed by atoms with E-state index in [1.54, 1.807) is 17.0 Å². The molecule has 0 bridgehead atoms. The number of rotatable bonds is 14. The zero-order valence-corrected chi connectivity index (χ0v) is 23.4. The summed E-state index contributed by atoms with van der Waals surface area (Å²) in [6, 6.07) is 22.2. The number of anilines is 2. The molecule has 1 aliphatic rings. The Balaban J connectivity index is 1.47. The molecular weight excluding hydrogens is 516 g/mol. The molecule has 3 aromatic carbocycles. The molecule has 0 radical (unpaired) electrons. The van der Waals surface area contributed by atoms with Crippen LogP contribution in [0.4, 0.5) is 11.4 Å². The number of terminal acetylenes is 1. The van der Waals surface area contributed by atoms with Gasteiger partial charge in [0.2, 0.25) is 5.91 Å². The monoisotopic (exact) mass is 554 g/mol. The molecule has 0 unspecified atom stereocenters. The summed E-state index contributed by atoms with van der Waals surface area (Å²) in [4.78, 5) is 27.7. The van der Waals surface area contributed by atoms with Gasteiger partial charge in [-0.1, -0.05) is 48.4 Å². The molecule has 2 atom stereocenters. The Labute approximate surface area is 242 Å². The van der Waals surface area contributed by atoms with E-state index in [1.165, 1.54) is 0 Å². The third-order valence-electron chi connectivity index (χ3n) is 6.93. The lowest BCUT2D eigenvalue weighted by Gasteiger charge is -2.25. The van der Waals surface area contributed by atoms with Crippen molar-refractivity contribution in [3.05, 3.63) is 89.5 Å². The topological polar surface area (TPSA) is 103 Å². The predicted octanol–water partition coefficient (Wildman–Crippen LogP) is 3.75. The Bertz CT molecular complexity index is 1350. The largest absolute Gasteiger partial charge is 0.481 e. The number of nitrogens with one attached hydrogen (secondary N) is 3. The van der Waals surface area contributed by atoms with Gasteiger partial charge in [-0.25, -0.2) is 0 Å². The van der Waals surface area contributed by atoms with E-state index in [1.807, 2.05) is 67.6 Å². The summed E-state index contributed by atoms with van der Waals surface area (Å²) in [7, 11) is 0. The van der Waals surface area contributed by atoms with Gasteiger partial charge in [0.05, 0.1) is 12.1 Å². The summed E-state index contributed by atoms with van der Waals surface area (Å²) in [5, 5.41) is 20.8. The first-order valence-corrected chi connectivity index (χ1v) is 14.0. The molecule has 1 aliphatic heterocycles. The summed E-state index contributed by atoms with van der Waals surface area (Å²) < 4.78 is 5.50. The molecular formula is C33H38N4O4. The minimum Gasteiger partial charge on any atom is -0.481 e. The minimum absolute atomic E-state index is 0.0570. The van der Waals surface area contributed by atoms with Crippen LogP contribution in [0.15, 0.2) is 72.8 Å². The first-order chi connectivity index (χ1) is 20.0. The van der Waals surface area contributed by atoms with E-state index in [2.05, 4.69) is 21.9 Å². The fourth-order valence-electron chi connectivity index (χ4n) is 4.91. The normalized spacial score (nSPS) is 14.3. The zero-order valence-electron chi connectivity index (χ0n) is 23.4. The van der Waals surface area contributed by atoms with E-state index in [9.17, 15) is 14.7 Å². The fourth-order valence-corrected chi connectivity index (χ4v) is 4.91. The highest BCUT2D eigenvalue weighted by molar-refractivity contribution is 6.00. The summed E-state index contributed by atoms with van der Waals surface area (Å²) in [6.45, 7) is 4.26. The van der Waals surface area contributed by atoms with Gasteiger partial charge in [0.1, 0.15) is 12.4 Å². The van der Waals surface area contributed by atoms with Crippen molar-refractivity contribution >= 4 is 23.2 Å². The van der Waals surface area contributed by atoms with E-state index < -0.39 is 12.1 Å². The van der Waals surface area contributed by atoms with Crippen LogP contribution in [0.25, 0.3) is 0 Å². The van der Waals surface area contributed by atoms with Crippen molar-refractivity contribution in [2.45, 2.75) is 44.9 Å². The SMILES string of the molecule is C#CCOc1cccc(CNC[C@@H](O)[C@H](Cc2ccccc2)NC(=O)c2cc(NCC)cc(N3CCCC3=O)c2)c1. The second kappa shape index (κ2) is 14.9. The molecule has 4 N–H and O–H groups in total. The van der Waals surface area contributed by atoms with Crippen LogP contribution >= 0.6 is 0 Å². The van der Waals surface area contributed by atoms with Crippen LogP contribution in [0.2, 0.25) is 0 Å². The maximum atomic E-state index is 13.6. The van der Waals surface area contributed by atoms with Crippen molar-refractivity contribution in [2.24, 2.45) is 0 Å². The fraction of sp³-hybridized carbons (Fsp3) is 0.333. The smallest absolute Gasteiger partial charge is 0.251 e. The zero-order chi connectivity index (χ0) is 29.0. The molecule has 8 nitrogen and oxygen atoms in total. The van der Waals surface area contributed by atoms with E-state index >= 15 is 0 Å². The van der Waals surface area contributed by atoms with E-state index in [4.69, 9.17) is 11.2 Å². The molecule has 0 spiro atoms. The number of benzene rings is 3. The van der Waals surface area contributed by atoms with Gasteiger partial charge in [0, 0.05) is 49.5 Å². The number of aliphatic hydroxyl groups excluding tert-OH is 1. The first-order valence-electron chi connectivity index (χ1n) is 14.0. The highest BCUT2D eigenvalue weighted by atomic mass is 16.5. The lowest BCUT2D eigenvalue weighted by molar-refractivity contribution is -0.117. The Hall–Kier alpha value is -4.32. The predicted molar refractivity (Wildman–Crippen MR) is 162 cm³/mol. The third kappa shape index (κ3) is 8.58.